The summed E-state index contributed by atoms with van der Waals surface area (Å²) in [6.45, 7) is 2.52. The maximum atomic E-state index is 15.6. The Morgan fingerprint density at radius 1 is 0.410 bits per heavy atom. The Morgan fingerprint density at radius 2 is 0.850 bits per heavy atom. The van der Waals surface area contributed by atoms with Crippen molar-refractivity contribution in [3.63, 3.8) is 0 Å². The van der Waals surface area contributed by atoms with Gasteiger partial charge >= 0.3 is 5.97 Å². The fourth-order valence-electron chi connectivity index (χ4n) is 18.8. The van der Waals surface area contributed by atoms with E-state index in [1.807, 2.05) is 0 Å². The third kappa shape index (κ3) is 14.0. The summed E-state index contributed by atoms with van der Waals surface area (Å²) >= 11 is 0. The van der Waals surface area contributed by atoms with Crippen molar-refractivity contribution in [1.29, 1.82) is 0 Å². The van der Waals surface area contributed by atoms with Gasteiger partial charge in [0.05, 0.1) is 62.4 Å². The molecule has 6 aliphatic carbocycles. The highest BCUT2D eigenvalue weighted by Gasteiger charge is 2.70. The Hall–Kier alpha value is -2.15. The van der Waals surface area contributed by atoms with Gasteiger partial charge in [0.1, 0.15) is 153 Å². The van der Waals surface area contributed by atoms with Crippen LogP contribution in [0.5, 0.6) is 0 Å². The van der Waals surface area contributed by atoms with E-state index in [9.17, 15) is 117 Å². The molecule has 2 bridgehead atoms. The average Bonchev–Trinajstić information content (AvgIpc) is 1.56. The minimum atomic E-state index is -2.11. The summed E-state index contributed by atoms with van der Waals surface area (Å²) in [5.41, 5.74) is -3.24. The second kappa shape index (κ2) is 31.2. The van der Waals surface area contributed by atoms with Crippen LogP contribution in [0.2, 0.25) is 0 Å². The van der Waals surface area contributed by atoms with E-state index < -0.39 is 294 Å². The second-order valence-electron chi connectivity index (χ2n) is 30.2. The second-order valence-corrected chi connectivity index (χ2v) is 30.2. The van der Waals surface area contributed by atoms with Gasteiger partial charge in [-0.1, -0.05) is 19.9 Å². The lowest BCUT2D eigenvalue weighted by Crippen LogP contribution is -2.68. The summed E-state index contributed by atoms with van der Waals surface area (Å²) in [5, 5.41) is 250. The molecule has 1 spiro atoms. The van der Waals surface area contributed by atoms with Gasteiger partial charge in [0.25, 0.3) is 0 Å². The molecule has 36 nitrogen and oxygen atoms in total. The van der Waals surface area contributed by atoms with Crippen molar-refractivity contribution in [2.45, 2.75) is 292 Å². The molecule has 0 amide bonds. The lowest BCUT2D eigenvalue weighted by molar-refractivity contribution is -0.405. The Labute approximate surface area is 574 Å². The average molecular weight is 1450 g/mol. The number of carbonyl (C=O) groups excluding carboxylic acids is 1. The first-order valence-corrected chi connectivity index (χ1v) is 34.6. The maximum absolute atomic E-state index is 15.6. The van der Waals surface area contributed by atoms with Crippen LogP contribution in [0.25, 0.3) is 0 Å². The SMILES string of the molecule is C=C1C[C@@]23CC[C@H]4[C@@](C)(CCC[C@@]4(C)C(=O)O[C@@H]4C[C@H](CO)[C@@H](O)[C@H](O[C@@H]5C[C@H](CO)[C@@H](O)[C@H](O)[C@H]5O)[C@H]4O[C@@H]4O[C@H](CO)[C@@H](O)[C@H](O)[C@H]4O)[C@@H]2CC[C@]1(O[C@@H]1O[C@H](CO)[C@@H](OC2O[C@H](CO)[C@@H](O)[C@H](O)[C@H]2OC2O[C@H](CO)[C@@H](O)[C@H](O)[C@H]2O)[C@H](O)[C@H]1OC1O[C@H](CO)[C@@H](O)[C@H](O)[C@H]1O)C3. The molecule has 11 rings (SSSR count). The zero-order valence-corrected chi connectivity index (χ0v) is 55.4. The van der Waals surface area contributed by atoms with Crippen LogP contribution in [0.3, 0.4) is 0 Å². The van der Waals surface area contributed by atoms with Gasteiger partial charge in [0.2, 0.25) is 0 Å². The number of hydrogen-bond donors (Lipinski definition) is 23. The molecule has 41 atom stereocenters. The van der Waals surface area contributed by atoms with Gasteiger partial charge in [0, 0.05) is 25.0 Å². The summed E-state index contributed by atoms with van der Waals surface area (Å²) in [5.74, 6) is -3.42. The number of hydrogen-bond acceptors (Lipinski definition) is 36. The lowest BCUT2D eigenvalue weighted by Gasteiger charge is -2.64. The molecule has 5 heterocycles. The fourth-order valence-corrected chi connectivity index (χ4v) is 18.8. The van der Waals surface area contributed by atoms with Gasteiger partial charge in [-0.25, -0.2) is 0 Å². The number of carbonyl (C=O) groups is 1. The normalized spacial score (nSPS) is 54.5. The molecular weight excluding hydrogens is 1340 g/mol. The van der Waals surface area contributed by atoms with E-state index in [-0.39, 0.29) is 31.6 Å². The molecule has 11 aliphatic rings. The highest BCUT2D eigenvalue weighted by molar-refractivity contribution is 5.77. The fraction of sp³-hybridized carbons (Fsp3) is 0.953. The highest BCUT2D eigenvalue weighted by atomic mass is 16.8. The first kappa shape index (κ1) is 78.9. The predicted molar refractivity (Wildman–Crippen MR) is 323 cm³/mol. The van der Waals surface area contributed by atoms with Gasteiger partial charge in [-0.05, 0) is 99.4 Å². The minimum Gasteiger partial charge on any atom is -0.459 e. The molecule has 0 radical (unpaired) electrons. The van der Waals surface area contributed by atoms with Crippen molar-refractivity contribution in [2.24, 2.45) is 39.9 Å². The summed E-state index contributed by atoms with van der Waals surface area (Å²) in [6, 6.07) is 0. The van der Waals surface area contributed by atoms with E-state index in [0.29, 0.717) is 50.5 Å². The van der Waals surface area contributed by atoms with E-state index in [2.05, 4.69) is 13.5 Å². The van der Waals surface area contributed by atoms with E-state index in [1.54, 1.807) is 6.92 Å². The number of aliphatic hydroxyl groups excluding tert-OH is 23. The standard InChI is InChI=1S/C64H104O36/c1-22-13-63-9-5-32-61(2,7-4-8-62(32,3)60(88)95-26-12-24(15-66)35(73)52(89-25-11-23(14-65)34(72)41(79)36(25)74)51(26)97-55-46(84)42(80)37(75)27(16-67)90-55)33(63)6-10-64(22,21-63)100-59-54(99-57-48(86)44(82)39(77)29(18-69)92-57)49(87)50(31(20-71)94-59)96-58-53(45(83)40(78)30(19-70)93-58)98-56-47(85)43(81)38(76)28(17-68)91-56/h23-59,65-87H,1,4-21H2,2-3H3/t23-,24-,25-,26-,27-,28-,29-,30-,31-,32+,33+,34-,35-,36+,37-,38-,39-,40-,41+,42+,43+,44+,45+,46-,47-,48-,49+,50-,51+,52+,53-,54-,55+,56?,57?,58?,59+,61-,62-,63-,64+/m1/s1. The van der Waals surface area contributed by atoms with Crippen molar-refractivity contribution in [3.8, 4) is 0 Å². The zero-order valence-electron chi connectivity index (χ0n) is 55.4. The number of rotatable bonds is 21. The van der Waals surface area contributed by atoms with Gasteiger partial charge in [-0.3, -0.25) is 4.79 Å². The van der Waals surface area contributed by atoms with E-state index in [4.69, 9.17) is 56.8 Å². The zero-order chi connectivity index (χ0) is 72.7. The molecule has 576 valence electrons. The van der Waals surface area contributed by atoms with Gasteiger partial charge < -0.3 is 174 Å². The lowest BCUT2D eigenvalue weighted by atomic mass is 9.41. The Bertz CT molecular complexity index is 2720. The van der Waals surface area contributed by atoms with Crippen molar-refractivity contribution >= 4 is 5.97 Å². The smallest absolute Gasteiger partial charge is 0.312 e. The molecule has 0 aromatic heterocycles. The van der Waals surface area contributed by atoms with Crippen LogP contribution >= 0.6 is 0 Å². The van der Waals surface area contributed by atoms with Crippen LogP contribution in [0.1, 0.15) is 84.5 Å². The van der Waals surface area contributed by atoms with Crippen LogP contribution in [-0.4, -0.2) is 378 Å². The Balaban J connectivity index is 0.856. The van der Waals surface area contributed by atoms with Crippen LogP contribution in [-0.2, 0) is 61.6 Å². The maximum Gasteiger partial charge on any atom is 0.312 e. The quantitative estimate of drug-likeness (QED) is 0.0288. The topological polar surface area (TPSA) is 593 Å². The number of aliphatic hydroxyl groups is 23. The first-order chi connectivity index (χ1) is 47.3. The summed E-state index contributed by atoms with van der Waals surface area (Å²) in [7, 11) is 0. The van der Waals surface area contributed by atoms with Crippen molar-refractivity contribution < 1.29 is 179 Å². The molecular formula is C64H104O36. The van der Waals surface area contributed by atoms with E-state index >= 15 is 4.79 Å². The van der Waals surface area contributed by atoms with Crippen molar-refractivity contribution in [2.75, 3.05) is 46.2 Å². The number of ether oxygens (including phenoxy) is 12. The molecule has 0 aromatic carbocycles. The van der Waals surface area contributed by atoms with Crippen LogP contribution in [0.4, 0.5) is 0 Å². The third-order valence-corrected chi connectivity index (χ3v) is 24.5. The highest BCUT2D eigenvalue weighted by Crippen LogP contribution is 2.74. The van der Waals surface area contributed by atoms with Gasteiger partial charge in [-0.2, -0.15) is 0 Å². The molecule has 3 unspecified atom stereocenters. The molecule has 36 heteroatoms. The minimum absolute atomic E-state index is 0.156. The summed E-state index contributed by atoms with van der Waals surface area (Å²) in [6.07, 6.45) is -57.3. The molecule has 23 N–H and O–H groups in total. The van der Waals surface area contributed by atoms with Crippen LogP contribution < -0.4 is 0 Å². The molecule has 100 heavy (non-hydrogen) atoms. The van der Waals surface area contributed by atoms with Gasteiger partial charge in [-0.15, -0.1) is 0 Å². The van der Waals surface area contributed by atoms with Gasteiger partial charge in [0.15, 0.2) is 31.5 Å². The largest absolute Gasteiger partial charge is 0.459 e. The van der Waals surface area contributed by atoms with Crippen LogP contribution in [0.15, 0.2) is 12.2 Å². The molecule has 5 saturated heterocycles. The van der Waals surface area contributed by atoms with Crippen molar-refractivity contribution in [3.05, 3.63) is 12.2 Å². The van der Waals surface area contributed by atoms with E-state index in [0.717, 1.165) is 0 Å². The summed E-state index contributed by atoms with van der Waals surface area (Å²) in [4.78, 5) is 15.6. The molecule has 11 fully saturated rings. The van der Waals surface area contributed by atoms with E-state index in [1.165, 1.54) is 0 Å². The molecule has 0 aromatic rings. The summed E-state index contributed by atoms with van der Waals surface area (Å²) < 4.78 is 74.1. The first-order valence-electron chi connectivity index (χ1n) is 34.6. The molecule has 5 aliphatic heterocycles. The third-order valence-electron chi connectivity index (χ3n) is 24.5. The van der Waals surface area contributed by atoms with Crippen LogP contribution in [0, 0.1) is 39.9 Å². The predicted octanol–water partition coefficient (Wildman–Crippen LogP) is -10.3. The molecule has 6 saturated carbocycles. The Morgan fingerprint density at radius 3 is 1.37 bits per heavy atom. The monoisotopic (exact) mass is 1450 g/mol. The van der Waals surface area contributed by atoms with Crippen molar-refractivity contribution in [1.82, 2.24) is 0 Å². The number of esters is 1. The number of fused-ring (bicyclic) bond motifs is 3. The Kier molecular flexibility index (Phi) is 24.6.